The van der Waals surface area contributed by atoms with Gasteiger partial charge in [0, 0.05) is 16.5 Å². The monoisotopic (exact) mass is 437 g/mol. The molecule has 0 aliphatic rings. The van der Waals surface area contributed by atoms with Gasteiger partial charge in [-0.3, -0.25) is 4.79 Å². The maximum absolute atomic E-state index is 14.0. The fraction of sp³-hybridized carbons (Fsp3) is 0.250. The molecule has 2 aromatic heterocycles. The summed E-state index contributed by atoms with van der Waals surface area (Å²) in [6.07, 6.45) is 0. The zero-order chi connectivity index (χ0) is 22.1. The van der Waals surface area contributed by atoms with E-state index in [0.717, 1.165) is 26.4 Å². The lowest BCUT2D eigenvalue weighted by atomic mass is 10.0. The molecule has 4 aromatic rings. The number of thiophene rings is 1. The molecule has 0 saturated heterocycles. The average Bonchev–Trinajstić information content (AvgIpc) is 3.09. The van der Waals surface area contributed by atoms with Gasteiger partial charge in [0.25, 0.3) is 5.56 Å². The first-order valence-corrected chi connectivity index (χ1v) is 10.8. The molecule has 31 heavy (non-hydrogen) atoms. The van der Waals surface area contributed by atoms with Crippen LogP contribution in [-0.4, -0.2) is 17.1 Å². The van der Waals surface area contributed by atoms with Crippen molar-refractivity contribution in [3.8, 4) is 16.9 Å². The molecule has 0 aliphatic carbocycles. The van der Waals surface area contributed by atoms with Crippen LogP contribution in [0.3, 0.4) is 0 Å². The van der Waals surface area contributed by atoms with Gasteiger partial charge in [0.05, 0.1) is 19.0 Å². The Morgan fingerprint density at radius 1 is 1.19 bits per heavy atom. The standard InChI is InChI=1S/C24H24FN3O2S/c1-13-5-7-16(8-6-13)21-15(3)31-24-22(21)23(29)27-20(28-24)12-26-14(2)17-9-10-19(30-4)18(25)11-17/h5-11,14,26H,12H2,1-4H3,(H,27,28,29). The Hall–Kier alpha value is -3.03. The summed E-state index contributed by atoms with van der Waals surface area (Å²) in [5.41, 5.74) is 3.77. The van der Waals surface area contributed by atoms with Crippen molar-refractivity contribution in [1.82, 2.24) is 15.3 Å². The van der Waals surface area contributed by atoms with E-state index in [0.29, 0.717) is 17.8 Å². The van der Waals surface area contributed by atoms with Crippen molar-refractivity contribution in [3.63, 3.8) is 0 Å². The van der Waals surface area contributed by atoms with Crippen molar-refractivity contribution in [1.29, 1.82) is 0 Å². The predicted octanol–water partition coefficient (Wildman–Crippen LogP) is 5.27. The SMILES string of the molecule is COc1ccc(C(C)NCc2nc3sc(C)c(-c4ccc(C)cc4)c3c(=O)[nH]2)cc1F. The normalized spacial score (nSPS) is 12.3. The Balaban J connectivity index is 1.59. The number of aryl methyl sites for hydroxylation is 2. The second-order valence-corrected chi connectivity index (χ2v) is 8.79. The number of aromatic amines is 1. The van der Waals surface area contributed by atoms with Gasteiger partial charge in [-0.25, -0.2) is 9.37 Å². The lowest BCUT2D eigenvalue weighted by Crippen LogP contribution is -2.22. The summed E-state index contributed by atoms with van der Waals surface area (Å²) >= 11 is 1.52. The van der Waals surface area contributed by atoms with Crippen LogP contribution in [0.4, 0.5) is 4.39 Å². The number of H-pyrrole nitrogens is 1. The van der Waals surface area contributed by atoms with Crippen LogP contribution in [0, 0.1) is 19.7 Å². The molecule has 0 spiro atoms. The molecular formula is C24H24FN3O2S. The summed E-state index contributed by atoms with van der Waals surface area (Å²) in [7, 11) is 1.44. The van der Waals surface area contributed by atoms with Gasteiger partial charge in [0.2, 0.25) is 0 Å². The minimum atomic E-state index is -0.403. The Morgan fingerprint density at radius 2 is 1.94 bits per heavy atom. The fourth-order valence-electron chi connectivity index (χ4n) is 3.63. The smallest absolute Gasteiger partial charge is 0.260 e. The van der Waals surface area contributed by atoms with E-state index in [9.17, 15) is 9.18 Å². The molecule has 0 bridgehead atoms. The molecule has 1 unspecified atom stereocenters. The third kappa shape index (κ3) is 4.24. The molecule has 4 rings (SSSR count). The zero-order valence-corrected chi connectivity index (χ0v) is 18.7. The number of nitrogens with one attached hydrogen (secondary N) is 2. The Labute approximate surface area is 183 Å². The molecule has 2 N–H and O–H groups in total. The van der Waals surface area contributed by atoms with E-state index in [1.807, 2.05) is 51.1 Å². The van der Waals surface area contributed by atoms with Gasteiger partial charge in [0.15, 0.2) is 11.6 Å². The van der Waals surface area contributed by atoms with Crippen LogP contribution in [-0.2, 0) is 6.54 Å². The number of nitrogens with zero attached hydrogens (tertiary/aromatic N) is 1. The van der Waals surface area contributed by atoms with E-state index in [4.69, 9.17) is 4.74 Å². The van der Waals surface area contributed by atoms with Crippen molar-refractivity contribution in [2.75, 3.05) is 7.11 Å². The number of hydrogen-bond acceptors (Lipinski definition) is 5. The molecule has 0 fully saturated rings. The lowest BCUT2D eigenvalue weighted by Gasteiger charge is -2.15. The van der Waals surface area contributed by atoms with Crippen LogP contribution in [0.5, 0.6) is 5.75 Å². The summed E-state index contributed by atoms with van der Waals surface area (Å²) in [5.74, 6) is 0.360. The van der Waals surface area contributed by atoms with Gasteiger partial charge in [-0.1, -0.05) is 35.9 Å². The third-order valence-electron chi connectivity index (χ3n) is 5.38. The molecule has 1 atom stereocenters. The molecule has 0 amide bonds. The van der Waals surface area contributed by atoms with Crippen LogP contribution in [0.25, 0.3) is 21.3 Å². The second-order valence-electron chi connectivity index (χ2n) is 7.59. The Kier molecular flexibility index (Phi) is 5.89. The predicted molar refractivity (Wildman–Crippen MR) is 123 cm³/mol. The van der Waals surface area contributed by atoms with Gasteiger partial charge < -0.3 is 15.0 Å². The summed E-state index contributed by atoms with van der Waals surface area (Å²) in [5, 5.41) is 3.92. The fourth-order valence-corrected chi connectivity index (χ4v) is 4.70. The number of halogens is 1. The number of fused-ring (bicyclic) bond motifs is 1. The van der Waals surface area contributed by atoms with Gasteiger partial charge in [0.1, 0.15) is 10.7 Å². The van der Waals surface area contributed by atoms with E-state index in [2.05, 4.69) is 15.3 Å². The molecule has 7 heteroatoms. The zero-order valence-electron chi connectivity index (χ0n) is 17.9. The van der Waals surface area contributed by atoms with Crippen molar-refractivity contribution in [2.24, 2.45) is 0 Å². The topological polar surface area (TPSA) is 67.0 Å². The van der Waals surface area contributed by atoms with Crippen LogP contribution in [0.15, 0.2) is 47.3 Å². The summed E-state index contributed by atoms with van der Waals surface area (Å²) in [4.78, 5) is 22.3. The quantitative estimate of drug-likeness (QED) is 0.431. The van der Waals surface area contributed by atoms with Gasteiger partial charge in [-0.05, 0) is 44.0 Å². The minimum absolute atomic E-state index is 0.130. The summed E-state index contributed by atoms with van der Waals surface area (Å²) in [6.45, 7) is 6.34. The van der Waals surface area contributed by atoms with E-state index in [-0.39, 0.29) is 17.4 Å². The first kappa shape index (κ1) is 21.2. The second kappa shape index (κ2) is 8.61. The minimum Gasteiger partial charge on any atom is -0.494 e. The van der Waals surface area contributed by atoms with Crippen LogP contribution in [0.1, 0.15) is 34.8 Å². The van der Waals surface area contributed by atoms with E-state index in [1.54, 1.807) is 6.07 Å². The molecule has 2 aromatic carbocycles. The maximum atomic E-state index is 14.0. The van der Waals surface area contributed by atoms with Crippen LogP contribution >= 0.6 is 11.3 Å². The van der Waals surface area contributed by atoms with Crippen molar-refractivity contribution < 1.29 is 9.13 Å². The molecule has 0 saturated carbocycles. The van der Waals surface area contributed by atoms with Crippen molar-refractivity contribution in [3.05, 3.63) is 80.5 Å². The van der Waals surface area contributed by atoms with Crippen molar-refractivity contribution in [2.45, 2.75) is 33.4 Å². The number of ether oxygens (including phenoxy) is 1. The Morgan fingerprint density at radius 3 is 2.61 bits per heavy atom. The van der Waals surface area contributed by atoms with Gasteiger partial charge >= 0.3 is 0 Å². The third-order valence-corrected chi connectivity index (χ3v) is 6.38. The molecule has 2 heterocycles. The first-order chi connectivity index (χ1) is 14.9. The molecule has 160 valence electrons. The average molecular weight is 438 g/mol. The van der Waals surface area contributed by atoms with E-state index in [1.165, 1.54) is 30.1 Å². The largest absolute Gasteiger partial charge is 0.494 e. The lowest BCUT2D eigenvalue weighted by molar-refractivity contribution is 0.385. The molecule has 0 radical (unpaired) electrons. The first-order valence-electron chi connectivity index (χ1n) is 10.0. The highest BCUT2D eigenvalue weighted by Crippen LogP contribution is 2.35. The Bertz CT molecular complexity index is 1290. The highest BCUT2D eigenvalue weighted by Gasteiger charge is 2.17. The van der Waals surface area contributed by atoms with Crippen LogP contribution < -0.4 is 15.6 Å². The highest BCUT2D eigenvalue weighted by atomic mass is 32.1. The highest BCUT2D eigenvalue weighted by molar-refractivity contribution is 7.19. The van der Waals surface area contributed by atoms with Crippen LogP contribution in [0.2, 0.25) is 0 Å². The number of benzene rings is 2. The molecular weight excluding hydrogens is 413 g/mol. The summed E-state index contributed by atoms with van der Waals surface area (Å²) < 4.78 is 19.0. The number of aromatic nitrogens is 2. The number of methoxy groups -OCH3 is 1. The summed E-state index contributed by atoms with van der Waals surface area (Å²) in [6, 6.07) is 12.9. The number of hydrogen-bond donors (Lipinski definition) is 2. The van der Waals surface area contributed by atoms with Gasteiger partial charge in [-0.15, -0.1) is 11.3 Å². The maximum Gasteiger partial charge on any atom is 0.260 e. The molecule has 0 aliphatic heterocycles. The van der Waals surface area contributed by atoms with Gasteiger partial charge in [-0.2, -0.15) is 0 Å². The van der Waals surface area contributed by atoms with E-state index < -0.39 is 5.82 Å². The van der Waals surface area contributed by atoms with E-state index >= 15 is 0 Å². The number of rotatable bonds is 6. The molecule has 5 nitrogen and oxygen atoms in total. The van der Waals surface area contributed by atoms with Crippen molar-refractivity contribution >= 4 is 21.6 Å².